The first-order valence-corrected chi connectivity index (χ1v) is 6.30. The molecule has 3 rings (SSSR count). The molecule has 0 unspecified atom stereocenters. The number of aromatic amines is 1. The van der Waals surface area contributed by atoms with Crippen LogP contribution in [0.3, 0.4) is 0 Å². The standard InChI is InChI=1S/C15H11N5O/c16-5-9-3-11(8-18-7-9)10-1-2-12-13(4-10)14(6-17)19-20-15(12)21/h1-4,7-8H,6,17H2,(H,20,21). The van der Waals surface area contributed by atoms with Crippen molar-refractivity contribution in [2.45, 2.75) is 6.54 Å². The first-order chi connectivity index (χ1) is 10.2. The van der Waals surface area contributed by atoms with Crippen molar-refractivity contribution in [3.8, 4) is 17.2 Å². The van der Waals surface area contributed by atoms with Crippen LogP contribution in [0.25, 0.3) is 21.9 Å². The first kappa shape index (κ1) is 13.0. The summed E-state index contributed by atoms with van der Waals surface area (Å²) in [6.07, 6.45) is 3.17. The Balaban J connectivity index is 2.25. The van der Waals surface area contributed by atoms with E-state index in [0.717, 1.165) is 11.1 Å². The topological polar surface area (TPSA) is 108 Å². The summed E-state index contributed by atoms with van der Waals surface area (Å²) >= 11 is 0. The predicted octanol–water partition coefficient (Wildman–Crippen LogP) is 1.32. The molecule has 0 amide bonds. The van der Waals surface area contributed by atoms with Gasteiger partial charge in [0.05, 0.1) is 16.6 Å². The summed E-state index contributed by atoms with van der Waals surface area (Å²) in [7, 11) is 0. The SMILES string of the molecule is N#Cc1cncc(-c2ccc3c(=O)[nH]nc(CN)c3c2)c1. The molecule has 0 bridgehead atoms. The van der Waals surface area contributed by atoms with Crippen molar-refractivity contribution < 1.29 is 0 Å². The molecule has 3 aromatic rings. The number of nitrogens with zero attached hydrogens (tertiary/aromatic N) is 3. The zero-order valence-electron chi connectivity index (χ0n) is 11.0. The molecule has 0 aliphatic carbocycles. The molecule has 0 aliphatic rings. The van der Waals surface area contributed by atoms with Crippen LogP contribution in [0, 0.1) is 11.3 Å². The monoisotopic (exact) mass is 277 g/mol. The van der Waals surface area contributed by atoms with Gasteiger partial charge in [0.1, 0.15) is 6.07 Å². The number of H-pyrrole nitrogens is 1. The maximum atomic E-state index is 11.8. The molecule has 3 N–H and O–H groups in total. The number of pyridine rings is 1. The zero-order chi connectivity index (χ0) is 14.8. The lowest BCUT2D eigenvalue weighted by Gasteiger charge is -2.06. The smallest absolute Gasteiger partial charge is 0.272 e. The molecule has 0 radical (unpaired) electrons. The second-order valence-electron chi connectivity index (χ2n) is 4.54. The van der Waals surface area contributed by atoms with E-state index >= 15 is 0 Å². The van der Waals surface area contributed by atoms with Crippen molar-refractivity contribution in [3.05, 3.63) is 58.3 Å². The maximum Gasteiger partial charge on any atom is 0.272 e. The van der Waals surface area contributed by atoms with Gasteiger partial charge in [-0.3, -0.25) is 9.78 Å². The van der Waals surface area contributed by atoms with E-state index in [-0.39, 0.29) is 12.1 Å². The van der Waals surface area contributed by atoms with E-state index in [1.165, 1.54) is 6.20 Å². The second-order valence-corrected chi connectivity index (χ2v) is 4.54. The Morgan fingerprint density at radius 2 is 2.05 bits per heavy atom. The zero-order valence-corrected chi connectivity index (χ0v) is 11.0. The number of benzene rings is 1. The average Bonchev–Trinajstić information content (AvgIpc) is 2.55. The fourth-order valence-corrected chi connectivity index (χ4v) is 2.21. The molecule has 21 heavy (non-hydrogen) atoms. The van der Waals surface area contributed by atoms with Crippen LogP contribution in [0.4, 0.5) is 0 Å². The van der Waals surface area contributed by atoms with Crippen molar-refractivity contribution in [2.24, 2.45) is 5.73 Å². The number of rotatable bonds is 2. The Hall–Kier alpha value is -3.04. The Morgan fingerprint density at radius 3 is 2.81 bits per heavy atom. The summed E-state index contributed by atoms with van der Waals surface area (Å²) in [5.41, 5.74) is 8.17. The number of nitrogens with one attached hydrogen (secondary N) is 1. The van der Waals surface area contributed by atoms with Crippen LogP contribution >= 0.6 is 0 Å². The third-order valence-electron chi connectivity index (χ3n) is 3.26. The summed E-state index contributed by atoms with van der Waals surface area (Å²) < 4.78 is 0. The molecular formula is C15H11N5O. The van der Waals surface area contributed by atoms with Gasteiger partial charge in [0, 0.05) is 29.9 Å². The van der Waals surface area contributed by atoms with E-state index in [1.54, 1.807) is 18.3 Å². The maximum absolute atomic E-state index is 11.8. The van der Waals surface area contributed by atoms with Crippen LogP contribution in [-0.4, -0.2) is 15.2 Å². The number of hydrogen-bond donors (Lipinski definition) is 2. The first-order valence-electron chi connectivity index (χ1n) is 6.30. The van der Waals surface area contributed by atoms with E-state index in [9.17, 15) is 4.79 Å². The minimum Gasteiger partial charge on any atom is -0.325 e. The molecule has 0 atom stereocenters. The highest BCUT2D eigenvalue weighted by atomic mass is 16.1. The summed E-state index contributed by atoms with van der Waals surface area (Å²) in [5.74, 6) is 0. The van der Waals surface area contributed by atoms with Crippen LogP contribution in [0.1, 0.15) is 11.3 Å². The molecule has 102 valence electrons. The van der Waals surface area contributed by atoms with Gasteiger partial charge >= 0.3 is 0 Å². The Bertz CT molecular complexity index is 923. The molecule has 0 fully saturated rings. The van der Waals surface area contributed by atoms with Gasteiger partial charge in [-0.2, -0.15) is 10.4 Å². The minimum absolute atomic E-state index is 0.229. The molecule has 2 heterocycles. The van der Waals surface area contributed by atoms with E-state index in [4.69, 9.17) is 11.0 Å². The highest BCUT2D eigenvalue weighted by Gasteiger charge is 2.08. The van der Waals surface area contributed by atoms with Gasteiger partial charge in [0.25, 0.3) is 5.56 Å². The highest BCUT2D eigenvalue weighted by molar-refractivity contribution is 5.88. The number of aromatic nitrogens is 3. The van der Waals surface area contributed by atoms with Crippen molar-refractivity contribution in [1.29, 1.82) is 5.26 Å². The van der Waals surface area contributed by atoms with Gasteiger partial charge in [-0.1, -0.05) is 6.07 Å². The van der Waals surface area contributed by atoms with Gasteiger partial charge < -0.3 is 5.73 Å². The van der Waals surface area contributed by atoms with Gasteiger partial charge in [-0.15, -0.1) is 0 Å². The summed E-state index contributed by atoms with van der Waals surface area (Å²) in [4.78, 5) is 15.8. The van der Waals surface area contributed by atoms with E-state index in [1.807, 2.05) is 12.1 Å². The van der Waals surface area contributed by atoms with Gasteiger partial charge in [-0.05, 0) is 23.8 Å². The molecule has 0 spiro atoms. The van der Waals surface area contributed by atoms with Gasteiger partial charge in [0.15, 0.2) is 0 Å². The van der Waals surface area contributed by atoms with Crippen molar-refractivity contribution in [3.63, 3.8) is 0 Å². The molecule has 0 aliphatic heterocycles. The van der Waals surface area contributed by atoms with Crippen LogP contribution in [0.5, 0.6) is 0 Å². The van der Waals surface area contributed by atoms with Crippen LogP contribution < -0.4 is 11.3 Å². The third kappa shape index (κ3) is 2.26. The van der Waals surface area contributed by atoms with Gasteiger partial charge in [-0.25, -0.2) is 5.10 Å². The summed E-state index contributed by atoms with van der Waals surface area (Å²) in [5, 5.41) is 16.6. The fourth-order valence-electron chi connectivity index (χ4n) is 2.21. The number of nitriles is 1. The fraction of sp³-hybridized carbons (Fsp3) is 0.0667. The van der Waals surface area contributed by atoms with Crippen LogP contribution in [0.15, 0.2) is 41.5 Å². The van der Waals surface area contributed by atoms with E-state index in [0.29, 0.717) is 22.0 Å². The molecule has 0 saturated carbocycles. The molecule has 0 saturated heterocycles. The van der Waals surface area contributed by atoms with E-state index < -0.39 is 0 Å². The largest absolute Gasteiger partial charge is 0.325 e. The quantitative estimate of drug-likeness (QED) is 0.734. The van der Waals surface area contributed by atoms with Crippen molar-refractivity contribution in [2.75, 3.05) is 0 Å². The Morgan fingerprint density at radius 1 is 1.19 bits per heavy atom. The van der Waals surface area contributed by atoms with Crippen molar-refractivity contribution >= 4 is 10.8 Å². The number of fused-ring (bicyclic) bond motifs is 1. The lowest BCUT2D eigenvalue weighted by molar-refractivity contribution is 0.900. The third-order valence-corrected chi connectivity index (χ3v) is 3.26. The predicted molar refractivity (Wildman–Crippen MR) is 78.2 cm³/mol. The van der Waals surface area contributed by atoms with Gasteiger partial charge in [0.2, 0.25) is 0 Å². The Kier molecular flexibility index (Phi) is 3.18. The normalized spacial score (nSPS) is 10.5. The minimum atomic E-state index is -0.252. The molecule has 2 aromatic heterocycles. The average molecular weight is 277 g/mol. The van der Waals surface area contributed by atoms with E-state index in [2.05, 4.69) is 21.3 Å². The molecule has 1 aromatic carbocycles. The lowest BCUT2D eigenvalue weighted by atomic mass is 10.0. The summed E-state index contributed by atoms with van der Waals surface area (Å²) in [6.45, 7) is 0.229. The van der Waals surface area contributed by atoms with Crippen LogP contribution in [-0.2, 0) is 6.54 Å². The van der Waals surface area contributed by atoms with Crippen molar-refractivity contribution in [1.82, 2.24) is 15.2 Å². The second kappa shape index (κ2) is 5.15. The summed E-state index contributed by atoms with van der Waals surface area (Å²) in [6, 6.07) is 9.19. The number of nitrogens with two attached hydrogens (primary N) is 1. The lowest BCUT2D eigenvalue weighted by Crippen LogP contribution is -2.13. The Labute approximate surface area is 119 Å². The molecular weight excluding hydrogens is 266 g/mol. The van der Waals surface area contributed by atoms with Crippen LogP contribution in [0.2, 0.25) is 0 Å². The highest BCUT2D eigenvalue weighted by Crippen LogP contribution is 2.24. The molecule has 6 heteroatoms. The number of hydrogen-bond acceptors (Lipinski definition) is 5. The molecule has 6 nitrogen and oxygen atoms in total.